The van der Waals surface area contributed by atoms with Crippen molar-refractivity contribution in [2.24, 2.45) is 5.92 Å². The summed E-state index contributed by atoms with van der Waals surface area (Å²) in [6.07, 6.45) is 3.04. The minimum atomic E-state index is -4.50. The second-order valence-electron chi connectivity index (χ2n) is 7.26. The van der Waals surface area contributed by atoms with Crippen molar-refractivity contribution >= 4 is 11.9 Å². The monoisotopic (exact) mass is 394 g/mol. The first-order valence-electron chi connectivity index (χ1n) is 9.35. The van der Waals surface area contributed by atoms with E-state index in [1.807, 2.05) is 0 Å². The molecule has 0 spiro atoms. The number of fused-ring (bicyclic) bond motifs is 1. The Morgan fingerprint density at radius 1 is 1.07 bits per heavy atom. The molecule has 1 aliphatic heterocycles. The maximum absolute atomic E-state index is 13.1. The number of anilines is 1. The van der Waals surface area contributed by atoms with Crippen molar-refractivity contribution in [1.29, 1.82) is 0 Å². The van der Waals surface area contributed by atoms with Crippen molar-refractivity contribution in [1.82, 2.24) is 24.4 Å². The molecule has 1 fully saturated rings. The molecule has 7 nitrogen and oxygen atoms in total. The highest BCUT2D eigenvalue weighted by molar-refractivity contribution is 5.79. The Bertz CT molecular complexity index is 830. The summed E-state index contributed by atoms with van der Waals surface area (Å²) >= 11 is 0. The Morgan fingerprint density at radius 3 is 2.46 bits per heavy atom. The van der Waals surface area contributed by atoms with Crippen LogP contribution in [0.3, 0.4) is 0 Å². The Hall–Kier alpha value is -2.65. The number of aromatic nitrogens is 4. The standard InChI is InChI=1S/C18H21F3N6O/c19-18(20,21)15-14-10-26(8-9-27(14)11-24-15)16(28)12-2-4-13(5-3-12)25-17-22-6-1-7-23-17/h1,6-7,11-13H,2-5,8-10H2,(H,22,23,25). The fourth-order valence-corrected chi connectivity index (χ4v) is 3.98. The number of amides is 1. The third-order valence-corrected chi connectivity index (χ3v) is 5.45. The lowest BCUT2D eigenvalue weighted by molar-refractivity contribution is -0.144. The van der Waals surface area contributed by atoms with E-state index in [2.05, 4.69) is 20.3 Å². The summed E-state index contributed by atoms with van der Waals surface area (Å²) in [5.74, 6) is 0.356. The van der Waals surface area contributed by atoms with Gasteiger partial charge in [-0.25, -0.2) is 15.0 Å². The van der Waals surface area contributed by atoms with Gasteiger partial charge < -0.3 is 14.8 Å². The molecule has 0 radical (unpaired) electrons. The van der Waals surface area contributed by atoms with Gasteiger partial charge in [0.1, 0.15) is 0 Å². The quantitative estimate of drug-likeness (QED) is 0.866. The van der Waals surface area contributed by atoms with Crippen molar-refractivity contribution in [2.75, 3.05) is 11.9 Å². The van der Waals surface area contributed by atoms with Crippen LogP contribution in [0.2, 0.25) is 0 Å². The molecule has 1 N–H and O–H groups in total. The predicted octanol–water partition coefficient (Wildman–Crippen LogP) is 2.71. The van der Waals surface area contributed by atoms with Crippen molar-refractivity contribution in [3.63, 3.8) is 0 Å². The first kappa shape index (κ1) is 18.7. The minimum absolute atomic E-state index is 0.0380. The number of rotatable bonds is 3. The van der Waals surface area contributed by atoms with Gasteiger partial charge in [-0.1, -0.05) is 0 Å². The van der Waals surface area contributed by atoms with Gasteiger partial charge in [-0.05, 0) is 31.7 Å². The Kier molecular flexibility index (Phi) is 4.94. The van der Waals surface area contributed by atoms with Crippen LogP contribution in [-0.4, -0.2) is 42.9 Å². The number of carbonyl (C=O) groups is 1. The van der Waals surface area contributed by atoms with Crippen molar-refractivity contribution in [3.05, 3.63) is 36.2 Å². The predicted molar refractivity (Wildman–Crippen MR) is 94.0 cm³/mol. The van der Waals surface area contributed by atoms with Gasteiger partial charge in [0.25, 0.3) is 0 Å². The van der Waals surface area contributed by atoms with Crippen LogP contribution in [0.15, 0.2) is 24.8 Å². The zero-order valence-corrected chi connectivity index (χ0v) is 15.2. The summed E-state index contributed by atoms with van der Waals surface area (Å²) in [5.41, 5.74) is -0.815. The van der Waals surface area contributed by atoms with Gasteiger partial charge in [-0.3, -0.25) is 4.79 Å². The highest BCUT2D eigenvalue weighted by Crippen LogP contribution is 2.34. The third-order valence-electron chi connectivity index (χ3n) is 5.45. The third kappa shape index (κ3) is 3.81. The minimum Gasteiger partial charge on any atom is -0.351 e. The molecule has 10 heteroatoms. The van der Waals surface area contributed by atoms with E-state index in [-0.39, 0.29) is 30.1 Å². The van der Waals surface area contributed by atoms with Gasteiger partial charge in [-0.15, -0.1) is 0 Å². The molecule has 1 amide bonds. The molecule has 28 heavy (non-hydrogen) atoms. The van der Waals surface area contributed by atoms with E-state index >= 15 is 0 Å². The summed E-state index contributed by atoms with van der Waals surface area (Å²) in [4.78, 5) is 26.2. The first-order valence-corrected chi connectivity index (χ1v) is 9.35. The second kappa shape index (κ2) is 7.40. The molecule has 3 heterocycles. The number of halogens is 3. The lowest BCUT2D eigenvalue weighted by Crippen LogP contribution is -2.43. The van der Waals surface area contributed by atoms with Gasteiger partial charge in [-0.2, -0.15) is 13.2 Å². The number of nitrogens with zero attached hydrogens (tertiary/aromatic N) is 5. The molecule has 1 aliphatic carbocycles. The SMILES string of the molecule is O=C(C1CCC(Nc2ncccn2)CC1)N1CCn2cnc(C(F)(F)F)c2C1. The van der Waals surface area contributed by atoms with Gasteiger partial charge in [0.15, 0.2) is 5.69 Å². The van der Waals surface area contributed by atoms with Gasteiger partial charge in [0.2, 0.25) is 11.9 Å². The number of carbonyl (C=O) groups excluding carboxylic acids is 1. The molecule has 0 unspecified atom stereocenters. The number of nitrogens with one attached hydrogen (secondary N) is 1. The van der Waals surface area contributed by atoms with E-state index in [0.29, 0.717) is 31.9 Å². The highest BCUT2D eigenvalue weighted by atomic mass is 19.4. The summed E-state index contributed by atoms with van der Waals surface area (Å²) in [6, 6.07) is 1.95. The summed E-state index contributed by atoms with van der Waals surface area (Å²) < 4.78 is 40.8. The van der Waals surface area contributed by atoms with Crippen LogP contribution in [0.4, 0.5) is 19.1 Å². The largest absolute Gasteiger partial charge is 0.435 e. The zero-order valence-electron chi connectivity index (χ0n) is 15.2. The number of hydrogen-bond acceptors (Lipinski definition) is 5. The zero-order chi connectivity index (χ0) is 19.7. The maximum atomic E-state index is 13.1. The Balaban J connectivity index is 1.35. The Morgan fingerprint density at radius 2 is 1.79 bits per heavy atom. The summed E-state index contributed by atoms with van der Waals surface area (Å²) in [7, 11) is 0. The topological polar surface area (TPSA) is 75.9 Å². The molecule has 150 valence electrons. The molecule has 2 aromatic heterocycles. The molecule has 1 saturated carbocycles. The van der Waals surface area contributed by atoms with E-state index in [9.17, 15) is 18.0 Å². The normalized spacial score (nSPS) is 22.6. The molecule has 0 aromatic carbocycles. The lowest BCUT2D eigenvalue weighted by Gasteiger charge is -2.35. The van der Waals surface area contributed by atoms with Crippen LogP contribution in [0.25, 0.3) is 0 Å². The highest BCUT2D eigenvalue weighted by Gasteiger charge is 2.40. The van der Waals surface area contributed by atoms with Crippen LogP contribution in [-0.2, 0) is 24.1 Å². The van der Waals surface area contributed by atoms with Crippen molar-refractivity contribution in [2.45, 2.75) is 51.0 Å². The lowest BCUT2D eigenvalue weighted by atomic mass is 9.85. The van der Waals surface area contributed by atoms with E-state index in [1.165, 1.54) is 10.9 Å². The number of hydrogen-bond donors (Lipinski definition) is 1. The smallest absolute Gasteiger partial charge is 0.351 e. The van der Waals surface area contributed by atoms with E-state index < -0.39 is 11.9 Å². The molecule has 0 atom stereocenters. The Labute approximate surface area is 160 Å². The molecule has 2 aromatic rings. The summed E-state index contributed by atoms with van der Waals surface area (Å²) in [5, 5.41) is 3.27. The molecule has 0 saturated heterocycles. The van der Waals surface area contributed by atoms with Crippen molar-refractivity contribution < 1.29 is 18.0 Å². The van der Waals surface area contributed by atoms with E-state index in [1.54, 1.807) is 23.4 Å². The van der Waals surface area contributed by atoms with Gasteiger partial charge in [0.05, 0.1) is 18.6 Å². The summed E-state index contributed by atoms with van der Waals surface area (Å²) in [6.45, 7) is 0.714. The number of alkyl halides is 3. The van der Waals surface area contributed by atoms with Crippen LogP contribution < -0.4 is 5.32 Å². The molecular formula is C18H21F3N6O. The van der Waals surface area contributed by atoms with Crippen LogP contribution in [0, 0.1) is 5.92 Å². The van der Waals surface area contributed by atoms with Gasteiger partial charge >= 0.3 is 6.18 Å². The molecule has 4 rings (SSSR count). The maximum Gasteiger partial charge on any atom is 0.435 e. The molecule has 0 bridgehead atoms. The van der Waals surface area contributed by atoms with E-state index in [4.69, 9.17) is 0 Å². The first-order chi connectivity index (χ1) is 13.4. The van der Waals surface area contributed by atoms with Gasteiger partial charge in [0, 0.05) is 37.4 Å². The van der Waals surface area contributed by atoms with Crippen LogP contribution in [0.5, 0.6) is 0 Å². The average molecular weight is 394 g/mol. The second-order valence-corrected chi connectivity index (χ2v) is 7.26. The number of imidazole rings is 1. The van der Waals surface area contributed by atoms with Crippen molar-refractivity contribution in [3.8, 4) is 0 Å². The molecule has 2 aliphatic rings. The van der Waals surface area contributed by atoms with Crippen LogP contribution >= 0.6 is 0 Å². The fraction of sp³-hybridized carbons (Fsp3) is 0.556. The fourth-order valence-electron chi connectivity index (χ4n) is 3.98. The van der Waals surface area contributed by atoms with Crippen LogP contribution in [0.1, 0.15) is 37.1 Å². The molecular weight excluding hydrogens is 373 g/mol. The van der Waals surface area contributed by atoms with E-state index in [0.717, 1.165) is 12.8 Å². The average Bonchev–Trinajstić information content (AvgIpc) is 3.12.